The van der Waals surface area contributed by atoms with Gasteiger partial charge in [0.2, 0.25) is 5.91 Å². The largest absolute Gasteiger partial charge is 0.480 e. The van der Waals surface area contributed by atoms with Gasteiger partial charge in [-0.25, -0.2) is 0 Å². The van der Waals surface area contributed by atoms with Crippen LogP contribution in [-0.4, -0.2) is 47.1 Å². The molecule has 0 radical (unpaired) electrons. The lowest BCUT2D eigenvalue weighted by molar-refractivity contribution is -0.139. The Morgan fingerprint density at radius 2 is 2.06 bits per heavy atom. The molecule has 1 amide bonds. The number of nitrogens with zero attached hydrogens (tertiary/aromatic N) is 1. The smallest absolute Gasteiger partial charge is 0.317 e. The second-order valence-electron chi connectivity index (χ2n) is 5.06. The molecule has 96 valence electrons. The molecule has 1 heterocycles. The molecule has 1 aliphatic carbocycles. The van der Waals surface area contributed by atoms with E-state index in [-0.39, 0.29) is 18.5 Å². The van der Waals surface area contributed by atoms with Gasteiger partial charge < -0.3 is 10.4 Å². The molecule has 1 aliphatic heterocycles. The highest BCUT2D eigenvalue weighted by Gasteiger charge is 2.29. The Bertz CT molecular complexity index is 300. The molecule has 0 bridgehead atoms. The molecule has 0 spiro atoms. The second kappa shape index (κ2) is 5.49. The van der Waals surface area contributed by atoms with Crippen LogP contribution in [0.4, 0.5) is 0 Å². The van der Waals surface area contributed by atoms with Gasteiger partial charge in [-0.1, -0.05) is 12.8 Å². The zero-order chi connectivity index (χ0) is 12.3. The molecule has 5 heteroatoms. The van der Waals surface area contributed by atoms with Crippen LogP contribution in [0.2, 0.25) is 0 Å². The average molecular weight is 240 g/mol. The summed E-state index contributed by atoms with van der Waals surface area (Å²) in [5.74, 6) is -0.682. The van der Waals surface area contributed by atoms with Gasteiger partial charge in [0.25, 0.3) is 0 Å². The van der Waals surface area contributed by atoms with Crippen molar-refractivity contribution in [3.05, 3.63) is 0 Å². The Labute approximate surface area is 101 Å². The lowest BCUT2D eigenvalue weighted by atomic mass is 10.1. The number of carbonyl (C=O) groups excluding carboxylic acids is 1. The number of carboxylic acids is 1. The normalized spacial score (nSPS) is 25.5. The van der Waals surface area contributed by atoms with Crippen LogP contribution in [-0.2, 0) is 9.59 Å². The predicted octanol–water partition coefficient (Wildman–Crippen LogP) is 0.594. The van der Waals surface area contributed by atoms with E-state index in [1.165, 1.54) is 12.8 Å². The molecule has 2 rings (SSSR count). The number of rotatable bonds is 5. The maximum absolute atomic E-state index is 11.1. The molecule has 2 fully saturated rings. The predicted molar refractivity (Wildman–Crippen MR) is 62.6 cm³/mol. The molecule has 2 aliphatic rings. The summed E-state index contributed by atoms with van der Waals surface area (Å²) in [6.45, 7) is 0.778. The van der Waals surface area contributed by atoms with E-state index >= 15 is 0 Å². The van der Waals surface area contributed by atoms with Crippen LogP contribution in [0.15, 0.2) is 0 Å². The fraction of sp³-hybridized carbons (Fsp3) is 0.833. The van der Waals surface area contributed by atoms with Crippen molar-refractivity contribution in [2.75, 3.05) is 13.1 Å². The maximum Gasteiger partial charge on any atom is 0.317 e. The third kappa shape index (κ3) is 3.43. The number of amides is 1. The van der Waals surface area contributed by atoms with Gasteiger partial charge in [0, 0.05) is 25.0 Å². The molecule has 5 nitrogen and oxygen atoms in total. The number of nitrogens with one attached hydrogen (secondary N) is 1. The summed E-state index contributed by atoms with van der Waals surface area (Å²) in [7, 11) is 0. The van der Waals surface area contributed by atoms with Crippen LogP contribution in [0.25, 0.3) is 0 Å². The van der Waals surface area contributed by atoms with Crippen LogP contribution in [0.1, 0.15) is 38.5 Å². The highest BCUT2D eigenvalue weighted by Crippen LogP contribution is 2.24. The van der Waals surface area contributed by atoms with Crippen molar-refractivity contribution in [3.63, 3.8) is 0 Å². The fourth-order valence-electron chi connectivity index (χ4n) is 2.88. The lowest BCUT2D eigenvalue weighted by Crippen LogP contribution is -2.45. The molecule has 1 atom stereocenters. The third-order valence-corrected chi connectivity index (χ3v) is 3.72. The maximum atomic E-state index is 11.1. The van der Waals surface area contributed by atoms with Crippen molar-refractivity contribution in [2.45, 2.75) is 50.6 Å². The van der Waals surface area contributed by atoms with Crippen LogP contribution in [0, 0.1) is 0 Å². The summed E-state index contributed by atoms with van der Waals surface area (Å²) in [5.41, 5.74) is 0. The molecule has 2 N–H and O–H groups in total. The van der Waals surface area contributed by atoms with Crippen molar-refractivity contribution in [3.8, 4) is 0 Å². The van der Waals surface area contributed by atoms with Gasteiger partial charge in [0.05, 0.1) is 6.54 Å². The van der Waals surface area contributed by atoms with Gasteiger partial charge in [-0.05, 0) is 19.3 Å². The van der Waals surface area contributed by atoms with Gasteiger partial charge >= 0.3 is 5.97 Å². The van der Waals surface area contributed by atoms with Crippen LogP contribution < -0.4 is 5.32 Å². The Hall–Kier alpha value is -1.10. The topological polar surface area (TPSA) is 69.6 Å². The first-order chi connectivity index (χ1) is 8.15. The Balaban J connectivity index is 1.90. The van der Waals surface area contributed by atoms with Crippen LogP contribution >= 0.6 is 0 Å². The lowest BCUT2D eigenvalue weighted by Gasteiger charge is -2.29. The van der Waals surface area contributed by atoms with Crippen molar-refractivity contribution in [1.29, 1.82) is 0 Å². The summed E-state index contributed by atoms with van der Waals surface area (Å²) >= 11 is 0. The summed E-state index contributed by atoms with van der Waals surface area (Å²) in [6, 6.07) is 0.533. The minimum atomic E-state index is -0.777. The quantitative estimate of drug-likeness (QED) is 0.738. The van der Waals surface area contributed by atoms with E-state index in [0.29, 0.717) is 19.0 Å². The zero-order valence-electron chi connectivity index (χ0n) is 10.0. The highest BCUT2D eigenvalue weighted by molar-refractivity contribution is 5.78. The molecular weight excluding hydrogens is 220 g/mol. The van der Waals surface area contributed by atoms with Gasteiger partial charge in [-0.2, -0.15) is 0 Å². The van der Waals surface area contributed by atoms with E-state index in [2.05, 4.69) is 5.32 Å². The molecule has 17 heavy (non-hydrogen) atoms. The first kappa shape index (κ1) is 12.4. The molecule has 1 saturated carbocycles. The first-order valence-electron chi connectivity index (χ1n) is 6.40. The van der Waals surface area contributed by atoms with E-state index < -0.39 is 5.97 Å². The number of hydrogen-bond donors (Lipinski definition) is 2. The summed E-state index contributed by atoms with van der Waals surface area (Å²) < 4.78 is 0. The molecule has 0 aromatic rings. The minimum absolute atomic E-state index is 0.0942. The Kier molecular flexibility index (Phi) is 3.99. The Morgan fingerprint density at radius 3 is 2.59 bits per heavy atom. The van der Waals surface area contributed by atoms with Crippen LogP contribution in [0.5, 0.6) is 0 Å². The number of aliphatic carboxylic acids is 1. The number of carboxylic acid groups (broad SMARTS) is 1. The summed E-state index contributed by atoms with van der Waals surface area (Å²) in [4.78, 5) is 24.0. The van der Waals surface area contributed by atoms with Crippen molar-refractivity contribution in [1.82, 2.24) is 10.2 Å². The van der Waals surface area contributed by atoms with Crippen LogP contribution in [0.3, 0.4) is 0 Å². The molecule has 1 saturated heterocycles. The van der Waals surface area contributed by atoms with Gasteiger partial charge in [-0.3, -0.25) is 14.5 Å². The van der Waals surface area contributed by atoms with Gasteiger partial charge in [-0.15, -0.1) is 0 Å². The molecule has 0 aromatic heterocycles. The molecule has 0 aromatic carbocycles. The summed E-state index contributed by atoms with van der Waals surface area (Å²) in [5, 5.41) is 11.8. The Morgan fingerprint density at radius 1 is 1.35 bits per heavy atom. The second-order valence-corrected chi connectivity index (χ2v) is 5.06. The SMILES string of the molecule is O=C(O)CN(CC1CCC(=O)N1)C1CCCC1. The van der Waals surface area contributed by atoms with Crippen molar-refractivity contribution in [2.24, 2.45) is 0 Å². The van der Waals surface area contributed by atoms with Gasteiger partial charge in [0.15, 0.2) is 0 Å². The van der Waals surface area contributed by atoms with Gasteiger partial charge in [0.1, 0.15) is 0 Å². The summed E-state index contributed by atoms with van der Waals surface area (Å²) in [6.07, 6.45) is 5.98. The zero-order valence-corrected chi connectivity index (χ0v) is 10.0. The fourth-order valence-corrected chi connectivity index (χ4v) is 2.88. The van der Waals surface area contributed by atoms with Crippen molar-refractivity contribution >= 4 is 11.9 Å². The van der Waals surface area contributed by atoms with Crippen molar-refractivity contribution < 1.29 is 14.7 Å². The third-order valence-electron chi connectivity index (χ3n) is 3.72. The van der Waals surface area contributed by atoms with E-state index in [1.54, 1.807) is 0 Å². The van der Waals surface area contributed by atoms with E-state index in [0.717, 1.165) is 19.3 Å². The number of carbonyl (C=O) groups is 2. The van der Waals surface area contributed by atoms with E-state index in [1.807, 2.05) is 4.90 Å². The van der Waals surface area contributed by atoms with E-state index in [9.17, 15) is 9.59 Å². The molecular formula is C12H20N2O3. The first-order valence-corrected chi connectivity index (χ1v) is 6.40. The molecule has 1 unspecified atom stereocenters. The highest BCUT2D eigenvalue weighted by atomic mass is 16.4. The van der Waals surface area contributed by atoms with E-state index in [4.69, 9.17) is 5.11 Å². The monoisotopic (exact) mass is 240 g/mol. The number of hydrogen-bond acceptors (Lipinski definition) is 3. The standard InChI is InChI=1S/C12H20N2O3/c15-11-6-5-9(13-11)7-14(8-12(16)17)10-3-1-2-4-10/h9-10H,1-8H2,(H,13,15)(H,16,17). The minimum Gasteiger partial charge on any atom is -0.480 e. The average Bonchev–Trinajstić information content (AvgIpc) is 2.87.